The zero-order chi connectivity index (χ0) is 12.1. The maximum absolute atomic E-state index is 8.78. The van der Waals surface area contributed by atoms with Crippen molar-refractivity contribution < 1.29 is 0 Å². The fraction of sp³-hybridized carbons (Fsp3) is 0.0714. The van der Waals surface area contributed by atoms with Crippen LogP contribution in [0.15, 0.2) is 53.4 Å². The molecule has 0 saturated heterocycles. The molecule has 17 heavy (non-hydrogen) atoms. The lowest BCUT2D eigenvalue weighted by molar-refractivity contribution is 1.37. The summed E-state index contributed by atoms with van der Waals surface area (Å²) in [5, 5.41) is 8.78. The molecule has 0 fully saturated rings. The minimum Gasteiger partial charge on any atom is -0.398 e. The average Bonchev–Trinajstić information content (AvgIpc) is 2.38. The van der Waals surface area contributed by atoms with Gasteiger partial charge < -0.3 is 5.73 Å². The van der Waals surface area contributed by atoms with E-state index in [0.717, 1.165) is 10.6 Å². The largest absolute Gasteiger partial charge is 0.398 e. The van der Waals surface area contributed by atoms with Crippen molar-refractivity contribution in [2.45, 2.75) is 10.6 Å². The maximum atomic E-state index is 8.78. The molecular weight excluding hydrogens is 228 g/mol. The number of nitrogens with two attached hydrogens (primary N) is 1. The quantitative estimate of drug-likeness (QED) is 0.660. The normalized spacial score (nSPS) is 9.82. The van der Waals surface area contributed by atoms with Crippen molar-refractivity contribution in [2.75, 3.05) is 5.73 Å². The highest BCUT2D eigenvalue weighted by molar-refractivity contribution is 7.98. The molecule has 2 aromatic rings. The van der Waals surface area contributed by atoms with Crippen LogP contribution in [0.3, 0.4) is 0 Å². The number of rotatable bonds is 3. The van der Waals surface area contributed by atoms with Gasteiger partial charge in [-0.25, -0.2) is 0 Å². The smallest absolute Gasteiger partial charge is 0.101 e. The van der Waals surface area contributed by atoms with E-state index in [1.165, 1.54) is 5.56 Å². The second-order valence-corrected chi connectivity index (χ2v) is 4.68. The van der Waals surface area contributed by atoms with Gasteiger partial charge in [0.1, 0.15) is 6.07 Å². The molecule has 0 aliphatic carbocycles. The van der Waals surface area contributed by atoms with E-state index in [0.29, 0.717) is 11.3 Å². The van der Waals surface area contributed by atoms with Crippen LogP contribution in [0.2, 0.25) is 0 Å². The van der Waals surface area contributed by atoms with Crippen LogP contribution in [0.1, 0.15) is 11.1 Å². The monoisotopic (exact) mass is 240 g/mol. The highest BCUT2D eigenvalue weighted by Crippen LogP contribution is 2.25. The lowest BCUT2D eigenvalue weighted by Crippen LogP contribution is -1.90. The van der Waals surface area contributed by atoms with Gasteiger partial charge in [0, 0.05) is 10.6 Å². The Labute approximate surface area is 105 Å². The molecule has 0 amide bonds. The number of nitrogens with zero attached hydrogens (tertiary/aromatic N) is 1. The predicted molar refractivity (Wildman–Crippen MR) is 71.6 cm³/mol. The van der Waals surface area contributed by atoms with E-state index in [2.05, 4.69) is 18.2 Å². The third kappa shape index (κ3) is 3.02. The summed E-state index contributed by atoms with van der Waals surface area (Å²) in [6, 6.07) is 17.9. The van der Waals surface area contributed by atoms with Gasteiger partial charge in [-0.3, -0.25) is 0 Å². The van der Waals surface area contributed by atoms with Gasteiger partial charge in [-0.15, -0.1) is 11.8 Å². The van der Waals surface area contributed by atoms with Gasteiger partial charge in [0.15, 0.2) is 0 Å². The molecular formula is C14H12N2S. The summed E-state index contributed by atoms with van der Waals surface area (Å²) in [5.41, 5.74) is 8.13. The minimum atomic E-state index is 0.536. The van der Waals surface area contributed by atoms with Crippen molar-refractivity contribution in [3.63, 3.8) is 0 Å². The Morgan fingerprint density at radius 2 is 1.88 bits per heavy atom. The fourth-order valence-electron chi connectivity index (χ4n) is 1.47. The van der Waals surface area contributed by atoms with E-state index in [4.69, 9.17) is 11.0 Å². The first-order valence-corrected chi connectivity index (χ1v) is 6.24. The van der Waals surface area contributed by atoms with Gasteiger partial charge in [-0.2, -0.15) is 5.26 Å². The summed E-state index contributed by atoms with van der Waals surface area (Å²) >= 11 is 1.72. The highest BCUT2D eigenvalue weighted by atomic mass is 32.2. The first-order valence-electron chi connectivity index (χ1n) is 5.26. The molecule has 2 aromatic carbocycles. The molecule has 0 spiro atoms. The second-order valence-electron chi connectivity index (χ2n) is 3.64. The first-order chi connectivity index (χ1) is 8.29. The van der Waals surface area contributed by atoms with Crippen LogP contribution in [-0.4, -0.2) is 0 Å². The van der Waals surface area contributed by atoms with Gasteiger partial charge in [-0.1, -0.05) is 30.3 Å². The molecule has 0 radical (unpaired) electrons. The molecule has 0 aliphatic heterocycles. The number of thioether (sulfide) groups is 1. The van der Waals surface area contributed by atoms with Crippen molar-refractivity contribution in [1.82, 2.24) is 0 Å². The number of hydrogen-bond acceptors (Lipinski definition) is 3. The summed E-state index contributed by atoms with van der Waals surface area (Å²) < 4.78 is 0. The van der Waals surface area contributed by atoms with Crippen LogP contribution in [0.25, 0.3) is 0 Å². The number of benzene rings is 2. The highest BCUT2D eigenvalue weighted by Gasteiger charge is 2.01. The third-order valence-corrected chi connectivity index (χ3v) is 3.46. The molecule has 2 nitrogen and oxygen atoms in total. The van der Waals surface area contributed by atoms with Gasteiger partial charge in [0.2, 0.25) is 0 Å². The topological polar surface area (TPSA) is 49.8 Å². The summed E-state index contributed by atoms with van der Waals surface area (Å²) in [5.74, 6) is 0.909. The molecule has 2 N–H and O–H groups in total. The van der Waals surface area contributed by atoms with Crippen molar-refractivity contribution in [3.8, 4) is 6.07 Å². The van der Waals surface area contributed by atoms with Crippen LogP contribution in [-0.2, 0) is 5.75 Å². The third-order valence-electron chi connectivity index (χ3n) is 2.39. The Morgan fingerprint density at radius 3 is 2.53 bits per heavy atom. The van der Waals surface area contributed by atoms with Crippen LogP contribution in [0.4, 0.5) is 5.69 Å². The summed E-state index contributed by atoms with van der Waals surface area (Å²) in [6.45, 7) is 0. The summed E-state index contributed by atoms with van der Waals surface area (Å²) in [6.07, 6.45) is 0. The SMILES string of the molecule is N#Cc1ccc(SCc2ccccc2)cc1N. The summed E-state index contributed by atoms with van der Waals surface area (Å²) in [7, 11) is 0. The predicted octanol–water partition coefficient (Wildman–Crippen LogP) is 3.43. The Balaban J connectivity index is 2.06. The van der Waals surface area contributed by atoms with Crippen LogP contribution in [0, 0.1) is 11.3 Å². The van der Waals surface area contributed by atoms with E-state index < -0.39 is 0 Å². The molecule has 0 heterocycles. The number of hydrogen-bond donors (Lipinski definition) is 1. The van der Waals surface area contributed by atoms with Gasteiger partial charge in [0.05, 0.1) is 11.3 Å². The van der Waals surface area contributed by atoms with Crippen molar-refractivity contribution in [3.05, 3.63) is 59.7 Å². The zero-order valence-corrected chi connectivity index (χ0v) is 10.1. The Kier molecular flexibility index (Phi) is 3.69. The number of nitrogen functional groups attached to an aromatic ring is 1. The lowest BCUT2D eigenvalue weighted by atomic mass is 10.2. The number of nitriles is 1. The van der Waals surface area contributed by atoms with E-state index in [-0.39, 0.29) is 0 Å². The second kappa shape index (κ2) is 5.42. The lowest BCUT2D eigenvalue weighted by Gasteiger charge is -2.04. The fourth-order valence-corrected chi connectivity index (χ4v) is 2.37. The van der Waals surface area contributed by atoms with Gasteiger partial charge in [0.25, 0.3) is 0 Å². The van der Waals surface area contributed by atoms with E-state index >= 15 is 0 Å². The van der Waals surface area contributed by atoms with E-state index in [1.807, 2.05) is 30.3 Å². The Hall–Kier alpha value is -1.92. The first kappa shape index (κ1) is 11.6. The average molecular weight is 240 g/mol. The van der Waals surface area contributed by atoms with Crippen molar-refractivity contribution in [1.29, 1.82) is 5.26 Å². The molecule has 0 aliphatic rings. The van der Waals surface area contributed by atoms with Crippen molar-refractivity contribution >= 4 is 17.4 Å². The van der Waals surface area contributed by atoms with Crippen LogP contribution in [0.5, 0.6) is 0 Å². The molecule has 0 saturated carbocycles. The van der Waals surface area contributed by atoms with Gasteiger partial charge in [-0.05, 0) is 23.8 Å². The minimum absolute atomic E-state index is 0.536. The maximum Gasteiger partial charge on any atom is 0.101 e. The zero-order valence-electron chi connectivity index (χ0n) is 9.26. The molecule has 0 atom stereocenters. The van der Waals surface area contributed by atoms with Crippen LogP contribution < -0.4 is 5.73 Å². The summed E-state index contributed by atoms with van der Waals surface area (Å²) in [4.78, 5) is 1.09. The Morgan fingerprint density at radius 1 is 1.12 bits per heavy atom. The molecule has 0 aromatic heterocycles. The molecule has 3 heteroatoms. The molecule has 0 bridgehead atoms. The molecule has 84 valence electrons. The Bertz CT molecular complexity index is 544. The molecule has 0 unspecified atom stereocenters. The standard InChI is InChI=1S/C14H12N2S/c15-9-12-6-7-13(8-14(12)16)17-10-11-4-2-1-3-5-11/h1-8H,10,16H2. The molecule has 2 rings (SSSR count). The number of anilines is 1. The van der Waals surface area contributed by atoms with E-state index in [9.17, 15) is 0 Å². The van der Waals surface area contributed by atoms with Crippen molar-refractivity contribution in [2.24, 2.45) is 0 Å². The van der Waals surface area contributed by atoms with Gasteiger partial charge >= 0.3 is 0 Å². The van der Waals surface area contributed by atoms with Crippen LogP contribution >= 0.6 is 11.8 Å². The van der Waals surface area contributed by atoms with E-state index in [1.54, 1.807) is 17.8 Å².